The second kappa shape index (κ2) is 10.6. The summed E-state index contributed by atoms with van der Waals surface area (Å²) in [7, 11) is 2.07. The summed E-state index contributed by atoms with van der Waals surface area (Å²) in [6.07, 6.45) is 6.71. The number of nitrogens with zero attached hydrogens (tertiary/aromatic N) is 3. The van der Waals surface area contributed by atoms with E-state index in [4.69, 9.17) is 0 Å². The monoisotopic (exact) mass is 509 g/mol. The number of halogens is 2. The highest BCUT2D eigenvalue weighted by molar-refractivity contribution is 5.95. The number of benzene rings is 1. The lowest BCUT2D eigenvalue weighted by Gasteiger charge is -2.42. The van der Waals surface area contributed by atoms with Crippen LogP contribution in [-0.4, -0.2) is 40.5 Å². The fraction of sp³-hybridized carbons (Fsp3) is 0.467. The van der Waals surface area contributed by atoms with Gasteiger partial charge >= 0.3 is 0 Å². The molecule has 1 fully saturated rings. The molecule has 0 spiro atoms. The number of alkyl halides is 2. The van der Waals surface area contributed by atoms with E-state index in [0.717, 1.165) is 47.6 Å². The Morgan fingerprint density at radius 3 is 2.46 bits per heavy atom. The maximum absolute atomic E-state index is 13.7. The van der Waals surface area contributed by atoms with Crippen LogP contribution in [-0.2, 0) is 5.92 Å². The topological polar surface area (TPSA) is 56.7 Å². The van der Waals surface area contributed by atoms with Gasteiger partial charge in [0.25, 0.3) is 11.8 Å². The molecule has 4 rings (SSSR count). The maximum Gasteiger partial charge on any atom is 0.290 e. The van der Waals surface area contributed by atoms with E-state index in [9.17, 15) is 18.7 Å². The molecule has 5 nitrogen and oxygen atoms in total. The van der Waals surface area contributed by atoms with Gasteiger partial charge in [0.05, 0.1) is 11.6 Å². The highest BCUT2D eigenvalue weighted by Crippen LogP contribution is 2.41. The van der Waals surface area contributed by atoms with Crippen LogP contribution in [0.5, 0.6) is 5.75 Å². The van der Waals surface area contributed by atoms with Crippen LogP contribution in [0.2, 0.25) is 0 Å². The molecule has 7 heteroatoms. The zero-order valence-corrected chi connectivity index (χ0v) is 22.2. The molecule has 1 aliphatic carbocycles. The predicted octanol–water partition coefficient (Wildman–Crippen LogP) is 7.15. The fourth-order valence-corrected chi connectivity index (χ4v) is 5.37. The Bertz CT molecular complexity index is 1200. The van der Waals surface area contributed by atoms with E-state index in [-0.39, 0.29) is 17.5 Å². The normalized spacial score (nSPS) is 18.2. The van der Waals surface area contributed by atoms with E-state index in [0.29, 0.717) is 32.2 Å². The molecule has 0 bridgehead atoms. The lowest BCUT2D eigenvalue weighted by molar-refractivity contribution is 0.0102. The second-order valence-electron chi connectivity index (χ2n) is 10.3. The van der Waals surface area contributed by atoms with Crippen molar-refractivity contribution in [2.75, 3.05) is 18.5 Å². The van der Waals surface area contributed by atoms with Crippen molar-refractivity contribution in [1.29, 1.82) is 0 Å². The highest BCUT2D eigenvalue weighted by Gasteiger charge is 2.36. The molecule has 1 atom stereocenters. The Morgan fingerprint density at radius 2 is 1.92 bits per heavy atom. The van der Waals surface area contributed by atoms with Crippen LogP contribution in [0.15, 0.2) is 60.0 Å². The van der Waals surface area contributed by atoms with E-state index >= 15 is 0 Å². The first-order valence-corrected chi connectivity index (χ1v) is 13.2. The molecule has 0 saturated heterocycles. The van der Waals surface area contributed by atoms with Crippen LogP contribution in [0.1, 0.15) is 86.8 Å². The molecule has 1 unspecified atom stereocenters. The zero-order chi connectivity index (χ0) is 26.9. The molecule has 1 saturated carbocycles. The molecule has 1 N–H and O–H groups in total. The SMILES string of the molecule is C=C(CCC)C1=C(N(C)c2ccc(C3CC3)cc2)CCN(C(=O)c2cnc(C(C)(F)F)c(O)c2)C1CC. The Balaban J connectivity index is 1.68. The summed E-state index contributed by atoms with van der Waals surface area (Å²) in [6.45, 7) is 9.68. The molecule has 198 valence electrons. The van der Waals surface area contributed by atoms with E-state index in [2.05, 4.69) is 54.7 Å². The average Bonchev–Trinajstić information content (AvgIpc) is 3.72. The first kappa shape index (κ1) is 26.8. The summed E-state index contributed by atoms with van der Waals surface area (Å²) < 4.78 is 27.4. The third-order valence-electron chi connectivity index (χ3n) is 7.45. The second-order valence-corrected chi connectivity index (χ2v) is 10.3. The van der Waals surface area contributed by atoms with E-state index in [1.165, 1.54) is 18.4 Å². The number of carbonyl (C=O) groups excluding carboxylic acids is 1. The van der Waals surface area contributed by atoms with Gasteiger partial charge in [-0.05, 0) is 66.5 Å². The number of rotatable bonds is 9. The highest BCUT2D eigenvalue weighted by atomic mass is 19.3. The van der Waals surface area contributed by atoms with Crippen molar-refractivity contribution in [2.24, 2.45) is 0 Å². The first-order chi connectivity index (χ1) is 17.6. The van der Waals surface area contributed by atoms with Crippen LogP contribution in [0, 0.1) is 0 Å². The minimum Gasteiger partial charge on any atom is -0.506 e. The summed E-state index contributed by atoms with van der Waals surface area (Å²) in [5.41, 5.74) is 5.06. The summed E-state index contributed by atoms with van der Waals surface area (Å²) in [6, 6.07) is 9.63. The Kier molecular flexibility index (Phi) is 7.72. The van der Waals surface area contributed by atoms with E-state index in [1.54, 1.807) is 4.90 Å². The van der Waals surface area contributed by atoms with Crippen LogP contribution in [0.25, 0.3) is 0 Å². The van der Waals surface area contributed by atoms with Crippen molar-refractivity contribution in [1.82, 2.24) is 9.88 Å². The first-order valence-electron chi connectivity index (χ1n) is 13.2. The minimum absolute atomic E-state index is 0.0943. The predicted molar refractivity (Wildman–Crippen MR) is 143 cm³/mol. The van der Waals surface area contributed by atoms with Gasteiger partial charge < -0.3 is 14.9 Å². The van der Waals surface area contributed by atoms with Gasteiger partial charge in [-0.15, -0.1) is 0 Å². The molecule has 1 amide bonds. The van der Waals surface area contributed by atoms with Crippen molar-refractivity contribution in [3.8, 4) is 5.75 Å². The molecule has 2 aliphatic rings. The third kappa shape index (κ3) is 5.55. The molecule has 1 aromatic heterocycles. The Morgan fingerprint density at radius 1 is 1.24 bits per heavy atom. The average molecular weight is 510 g/mol. The van der Waals surface area contributed by atoms with Crippen molar-refractivity contribution in [3.05, 3.63) is 76.8 Å². The lowest BCUT2D eigenvalue weighted by Crippen LogP contribution is -2.47. The van der Waals surface area contributed by atoms with Crippen molar-refractivity contribution in [3.63, 3.8) is 0 Å². The molecule has 1 aromatic carbocycles. The van der Waals surface area contributed by atoms with Crippen LogP contribution in [0.3, 0.4) is 0 Å². The fourth-order valence-electron chi connectivity index (χ4n) is 5.37. The van der Waals surface area contributed by atoms with Gasteiger partial charge in [-0.3, -0.25) is 9.78 Å². The molecule has 1 aliphatic heterocycles. The van der Waals surface area contributed by atoms with E-state index in [1.807, 2.05) is 6.92 Å². The smallest absolute Gasteiger partial charge is 0.290 e. The molecular formula is C30H37F2N3O2. The number of carbonyl (C=O) groups is 1. The molecule has 0 radical (unpaired) electrons. The summed E-state index contributed by atoms with van der Waals surface area (Å²) in [4.78, 5) is 21.3. The standard InChI is InChI=1S/C30H37F2N3O2/c1-6-8-19(3)27-24(7-2)35(29(37)22-17-26(36)28(33-18-22)30(4,31)32)16-15-25(27)34(5)23-13-11-21(12-14-23)20-9-10-20/h11-14,17-18,20,24,36H,3,6-10,15-16H2,1-2,4-5H3. The summed E-state index contributed by atoms with van der Waals surface area (Å²) in [5.74, 6) is -3.61. The van der Waals surface area contributed by atoms with Crippen LogP contribution >= 0.6 is 0 Å². The maximum atomic E-state index is 13.7. The van der Waals surface area contributed by atoms with Gasteiger partial charge in [-0.25, -0.2) is 0 Å². The zero-order valence-electron chi connectivity index (χ0n) is 22.2. The van der Waals surface area contributed by atoms with Crippen LogP contribution in [0.4, 0.5) is 14.5 Å². The van der Waals surface area contributed by atoms with Crippen LogP contribution < -0.4 is 4.90 Å². The minimum atomic E-state index is -3.30. The number of anilines is 1. The summed E-state index contributed by atoms with van der Waals surface area (Å²) >= 11 is 0. The van der Waals surface area contributed by atoms with Gasteiger partial charge in [0.15, 0.2) is 5.69 Å². The molecular weight excluding hydrogens is 472 g/mol. The molecule has 2 heterocycles. The Labute approximate surface area is 218 Å². The lowest BCUT2D eigenvalue weighted by atomic mass is 9.86. The van der Waals surface area contributed by atoms with Crippen molar-refractivity contribution < 1.29 is 18.7 Å². The van der Waals surface area contributed by atoms with Gasteiger partial charge in [0, 0.05) is 44.5 Å². The number of hydrogen-bond acceptors (Lipinski definition) is 4. The third-order valence-corrected chi connectivity index (χ3v) is 7.45. The van der Waals surface area contributed by atoms with Gasteiger partial charge in [-0.2, -0.15) is 8.78 Å². The molecule has 2 aromatic rings. The quantitative estimate of drug-likeness (QED) is 0.390. The largest absolute Gasteiger partial charge is 0.506 e. The number of amides is 1. The Hall–Kier alpha value is -3.22. The number of aromatic nitrogens is 1. The van der Waals surface area contributed by atoms with Gasteiger partial charge in [0.2, 0.25) is 0 Å². The number of aromatic hydroxyl groups is 1. The van der Waals surface area contributed by atoms with Crippen molar-refractivity contribution in [2.45, 2.75) is 77.2 Å². The van der Waals surface area contributed by atoms with Gasteiger partial charge in [-0.1, -0.05) is 39.0 Å². The summed E-state index contributed by atoms with van der Waals surface area (Å²) in [5, 5.41) is 10.2. The van der Waals surface area contributed by atoms with Crippen molar-refractivity contribution >= 4 is 11.6 Å². The van der Waals surface area contributed by atoms with E-state index < -0.39 is 17.4 Å². The number of hydrogen-bond donors (Lipinski definition) is 1. The van der Waals surface area contributed by atoms with Gasteiger partial charge in [0.1, 0.15) is 5.75 Å². The number of pyridine rings is 1. The molecule has 37 heavy (non-hydrogen) atoms.